The second-order valence-corrected chi connectivity index (χ2v) is 4.58. The summed E-state index contributed by atoms with van der Waals surface area (Å²) in [6.45, 7) is 2.69. The molecule has 2 rings (SSSR count). The van der Waals surface area contributed by atoms with Crippen molar-refractivity contribution in [2.24, 2.45) is 5.92 Å². The number of carboxylic acids is 1. The number of amides is 1. The SMILES string of the molecule is Cc1coc(CC(=O)N2CCCC(C(=O)O)C2)n1. The molecule has 18 heavy (non-hydrogen) atoms. The fraction of sp³-hybridized carbons (Fsp3) is 0.583. The van der Waals surface area contributed by atoms with E-state index >= 15 is 0 Å². The van der Waals surface area contributed by atoms with Crippen molar-refractivity contribution in [2.75, 3.05) is 13.1 Å². The minimum absolute atomic E-state index is 0.0974. The Bertz CT molecular complexity index is 455. The Morgan fingerprint density at radius 1 is 1.61 bits per heavy atom. The number of carbonyl (C=O) groups is 2. The smallest absolute Gasteiger partial charge is 0.308 e. The highest BCUT2D eigenvalue weighted by atomic mass is 16.4. The summed E-state index contributed by atoms with van der Waals surface area (Å²) >= 11 is 0. The van der Waals surface area contributed by atoms with Crippen molar-refractivity contribution in [2.45, 2.75) is 26.2 Å². The van der Waals surface area contributed by atoms with Crippen molar-refractivity contribution in [3.05, 3.63) is 17.8 Å². The van der Waals surface area contributed by atoms with Crippen LogP contribution in [-0.2, 0) is 16.0 Å². The first kappa shape index (κ1) is 12.6. The van der Waals surface area contributed by atoms with Gasteiger partial charge in [-0.15, -0.1) is 0 Å². The van der Waals surface area contributed by atoms with Crippen molar-refractivity contribution >= 4 is 11.9 Å². The van der Waals surface area contributed by atoms with Gasteiger partial charge in [0.2, 0.25) is 11.8 Å². The average Bonchev–Trinajstić information content (AvgIpc) is 2.75. The molecule has 0 aromatic carbocycles. The second-order valence-electron chi connectivity index (χ2n) is 4.58. The number of oxazole rings is 1. The van der Waals surface area contributed by atoms with E-state index in [1.807, 2.05) is 0 Å². The minimum atomic E-state index is -0.834. The highest BCUT2D eigenvalue weighted by Gasteiger charge is 2.28. The highest BCUT2D eigenvalue weighted by Crippen LogP contribution is 2.17. The van der Waals surface area contributed by atoms with Gasteiger partial charge in [0.25, 0.3) is 0 Å². The molecule has 0 aliphatic carbocycles. The quantitative estimate of drug-likeness (QED) is 0.862. The molecule has 98 valence electrons. The molecular formula is C12H16N2O4. The summed E-state index contributed by atoms with van der Waals surface area (Å²) in [5, 5.41) is 8.96. The zero-order valence-corrected chi connectivity index (χ0v) is 10.3. The zero-order valence-electron chi connectivity index (χ0n) is 10.3. The summed E-state index contributed by atoms with van der Waals surface area (Å²) in [5.41, 5.74) is 0.736. The molecule has 1 saturated heterocycles. The number of carbonyl (C=O) groups excluding carboxylic acids is 1. The van der Waals surface area contributed by atoms with Crippen molar-refractivity contribution < 1.29 is 19.1 Å². The number of hydrogen-bond acceptors (Lipinski definition) is 4. The molecule has 2 heterocycles. The lowest BCUT2D eigenvalue weighted by atomic mass is 9.98. The van der Waals surface area contributed by atoms with Crippen molar-refractivity contribution in [3.8, 4) is 0 Å². The maximum Gasteiger partial charge on any atom is 0.308 e. The van der Waals surface area contributed by atoms with Crippen LogP contribution in [0.3, 0.4) is 0 Å². The van der Waals surface area contributed by atoms with Crippen LogP contribution in [0.1, 0.15) is 24.4 Å². The highest BCUT2D eigenvalue weighted by molar-refractivity contribution is 5.79. The summed E-state index contributed by atoms with van der Waals surface area (Å²) < 4.78 is 5.13. The van der Waals surface area contributed by atoms with Crippen LogP contribution >= 0.6 is 0 Å². The van der Waals surface area contributed by atoms with Gasteiger partial charge in [0, 0.05) is 13.1 Å². The lowest BCUT2D eigenvalue weighted by Crippen LogP contribution is -2.43. The number of rotatable bonds is 3. The molecular weight excluding hydrogens is 236 g/mol. The number of piperidine rings is 1. The van der Waals surface area contributed by atoms with E-state index in [9.17, 15) is 9.59 Å². The topological polar surface area (TPSA) is 83.6 Å². The fourth-order valence-electron chi connectivity index (χ4n) is 2.13. The van der Waals surface area contributed by atoms with Gasteiger partial charge in [-0.2, -0.15) is 0 Å². The molecule has 0 radical (unpaired) electrons. The molecule has 0 spiro atoms. The third-order valence-corrected chi connectivity index (χ3v) is 3.09. The maximum atomic E-state index is 12.0. The first-order valence-corrected chi connectivity index (χ1v) is 5.98. The molecule has 1 aliphatic rings. The Kier molecular flexibility index (Phi) is 3.64. The summed E-state index contributed by atoms with van der Waals surface area (Å²) in [6.07, 6.45) is 2.96. The van der Waals surface area contributed by atoms with Crippen LogP contribution in [0.2, 0.25) is 0 Å². The van der Waals surface area contributed by atoms with Gasteiger partial charge in [-0.25, -0.2) is 4.98 Å². The predicted octanol–water partition coefficient (Wildman–Crippen LogP) is 0.849. The first-order chi connectivity index (χ1) is 8.56. The van der Waals surface area contributed by atoms with E-state index in [0.29, 0.717) is 18.9 Å². The number of hydrogen-bond donors (Lipinski definition) is 1. The van der Waals surface area contributed by atoms with Crippen LogP contribution < -0.4 is 0 Å². The molecule has 1 fully saturated rings. The fourth-order valence-corrected chi connectivity index (χ4v) is 2.13. The van der Waals surface area contributed by atoms with E-state index in [0.717, 1.165) is 12.1 Å². The molecule has 6 heteroatoms. The number of nitrogens with zero attached hydrogens (tertiary/aromatic N) is 2. The number of aliphatic carboxylic acids is 1. The second kappa shape index (κ2) is 5.20. The van der Waals surface area contributed by atoms with Gasteiger partial charge in [0.1, 0.15) is 12.7 Å². The Labute approximate surface area is 105 Å². The summed E-state index contributed by atoms with van der Waals surface area (Å²) in [7, 11) is 0. The molecule has 1 aromatic rings. The average molecular weight is 252 g/mol. The number of aromatic nitrogens is 1. The van der Waals surface area contributed by atoms with Gasteiger partial charge in [0.15, 0.2) is 0 Å². The number of carboxylic acid groups (broad SMARTS) is 1. The van der Waals surface area contributed by atoms with E-state index in [4.69, 9.17) is 9.52 Å². The Hall–Kier alpha value is -1.85. The van der Waals surface area contributed by atoms with E-state index < -0.39 is 11.9 Å². The van der Waals surface area contributed by atoms with Crippen LogP contribution in [0, 0.1) is 12.8 Å². The standard InChI is InChI=1S/C12H16N2O4/c1-8-7-18-10(13-8)5-11(15)14-4-2-3-9(6-14)12(16)17/h7,9H,2-6H2,1H3,(H,16,17). The van der Waals surface area contributed by atoms with Gasteiger partial charge in [0.05, 0.1) is 11.6 Å². The molecule has 0 bridgehead atoms. The normalized spacial score (nSPS) is 19.8. The van der Waals surface area contributed by atoms with Crippen molar-refractivity contribution in [1.29, 1.82) is 0 Å². The first-order valence-electron chi connectivity index (χ1n) is 5.98. The lowest BCUT2D eigenvalue weighted by Gasteiger charge is -2.30. The van der Waals surface area contributed by atoms with Gasteiger partial charge in [-0.3, -0.25) is 9.59 Å². The molecule has 1 amide bonds. The maximum absolute atomic E-state index is 12.0. The number of likely N-dealkylation sites (tertiary alicyclic amines) is 1. The third-order valence-electron chi connectivity index (χ3n) is 3.09. The van der Waals surface area contributed by atoms with E-state index in [-0.39, 0.29) is 18.9 Å². The third kappa shape index (κ3) is 2.88. The Morgan fingerprint density at radius 3 is 3.00 bits per heavy atom. The molecule has 1 atom stereocenters. The molecule has 6 nitrogen and oxygen atoms in total. The molecule has 0 saturated carbocycles. The van der Waals surface area contributed by atoms with Crippen LogP contribution in [0.25, 0.3) is 0 Å². The Morgan fingerprint density at radius 2 is 2.39 bits per heavy atom. The zero-order chi connectivity index (χ0) is 13.1. The summed E-state index contributed by atoms with van der Waals surface area (Å²) in [5.74, 6) is -1.02. The van der Waals surface area contributed by atoms with Crippen LogP contribution in [-0.4, -0.2) is 40.0 Å². The predicted molar refractivity (Wildman–Crippen MR) is 61.9 cm³/mol. The van der Waals surface area contributed by atoms with Crippen LogP contribution in [0.15, 0.2) is 10.7 Å². The van der Waals surface area contributed by atoms with Gasteiger partial charge in [-0.05, 0) is 19.8 Å². The molecule has 1 aromatic heterocycles. The number of aryl methyl sites for hydroxylation is 1. The van der Waals surface area contributed by atoms with E-state index in [2.05, 4.69) is 4.98 Å². The summed E-state index contributed by atoms with van der Waals surface area (Å²) in [6, 6.07) is 0. The minimum Gasteiger partial charge on any atom is -0.481 e. The van der Waals surface area contributed by atoms with Gasteiger partial charge >= 0.3 is 5.97 Å². The van der Waals surface area contributed by atoms with Crippen molar-refractivity contribution in [3.63, 3.8) is 0 Å². The molecule has 1 N–H and O–H groups in total. The monoisotopic (exact) mass is 252 g/mol. The summed E-state index contributed by atoms with van der Waals surface area (Å²) in [4.78, 5) is 28.5. The Balaban J connectivity index is 1.94. The molecule has 1 unspecified atom stereocenters. The van der Waals surface area contributed by atoms with Gasteiger partial charge < -0.3 is 14.4 Å². The van der Waals surface area contributed by atoms with E-state index in [1.165, 1.54) is 6.26 Å². The lowest BCUT2D eigenvalue weighted by molar-refractivity contribution is -0.145. The molecule has 1 aliphatic heterocycles. The van der Waals surface area contributed by atoms with Crippen LogP contribution in [0.4, 0.5) is 0 Å². The van der Waals surface area contributed by atoms with E-state index in [1.54, 1.807) is 11.8 Å². The van der Waals surface area contributed by atoms with Gasteiger partial charge in [-0.1, -0.05) is 0 Å². The largest absolute Gasteiger partial charge is 0.481 e. The van der Waals surface area contributed by atoms with Crippen molar-refractivity contribution in [1.82, 2.24) is 9.88 Å². The van der Waals surface area contributed by atoms with Crippen LogP contribution in [0.5, 0.6) is 0 Å².